The smallest absolute Gasteiger partial charge is 0.342 e. The van der Waals surface area contributed by atoms with Crippen LogP contribution in [0.5, 0.6) is 0 Å². The number of hydrogen-bond acceptors (Lipinski definition) is 6. The SMILES string of the molecule is Cc1c(Nc2ccc(Br)cc2F)c(C(=O)OCCO)c2n(c1=O)CCC2C(N)=O. The van der Waals surface area contributed by atoms with Crippen molar-refractivity contribution in [3.8, 4) is 0 Å². The molecule has 154 valence electrons. The molecule has 1 aliphatic rings. The van der Waals surface area contributed by atoms with Gasteiger partial charge in [0.2, 0.25) is 5.91 Å². The number of carbonyl (C=O) groups is 2. The number of fused-ring (bicyclic) bond motifs is 1. The maximum Gasteiger partial charge on any atom is 0.342 e. The number of ether oxygens (including phenoxy) is 1. The molecule has 0 radical (unpaired) electrons. The lowest BCUT2D eigenvalue weighted by Crippen LogP contribution is -2.30. The number of esters is 1. The average molecular weight is 468 g/mol. The molecule has 29 heavy (non-hydrogen) atoms. The number of hydrogen-bond donors (Lipinski definition) is 3. The van der Waals surface area contributed by atoms with E-state index in [9.17, 15) is 18.8 Å². The molecular formula is C19H19BrFN3O5. The van der Waals surface area contributed by atoms with Crippen LogP contribution in [0.4, 0.5) is 15.8 Å². The van der Waals surface area contributed by atoms with Crippen molar-refractivity contribution in [1.82, 2.24) is 4.57 Å². The number of anilines is 2. The number of aliphatic hydroxyl groups excluding tert-OH is 1. The molecule has 10 heteroatoms. The third-order valence-electron chi connectivity index (χ3n) is 4.77. The number of nitrogens with zero attached hydrogens (tertiary/aromatic N) is 1. The lowest BCUT2D eigenvalue weighted by Gasteiger charge is -2.20. The van der Waals surface area contributed by atoms with Gasteiger partial charge >= 0.3 is 5.97 Å². The van der Waals surface area contributed by atoms with Gasteiger partial charge in [-0.2, -0.15) is 0 Å². The summed E-state index contributed by atoms with van der Waals surface area (Å²) in [6.45, 7) is 1.04. The lowest BCUT2D eigenvalue weighted by molar-refractivity contribution is -0.119. The Labute approximate surface area is 173 Å². The number of pyridine rings is 1. The van der Waals surface area contributed by atoms with Crippen LogP contribution in [0.1, 0.15) is 34.0 Å². The standard InChI is InChI=1S/C19H19BrFN3O5/c1-9-15(23-13-3-2-10(20)8-12(13)21)14(19(28)29-7-6-25)16-11(17(22)26)4-5-24(16)18(9)27/h2-3,8,11,23,25H,4-7H2,1H3,(H2,22,26). The fourth-order valence-electron chi connectivity index (χ4n) is 3.42. The van der Waals surface area contributed by atoms with Crippen molar-refractivity contribution in [3.63, 3.8) is 0 Å². The first-order chi connectivity index (χ1) is 13.8. The fourth-order valence-corrected chi connectivity index (χ4v) is 3.76. The number of aliphatic hydroxyl groups is 1. The molecule has 1 atom stereocenters. The Morgan fingerprint density at radius 3 is 2.79 bits per heavy atom. The Balaban J connectivity index is 2.24. The van der Waals surface area contributed by atoms with E-state index in [1.807, 2.05) is 0 Å². The van der Waals surface area contributed by atoms with Crippen molar-refractivity contribution >= 4 is 39.2 Å². The van der Waals surface area contributed by atoms with Gasteiger partial charge in [0.25, 0.3) is 5.56 Å². The third-order valence-corrected chi connectivity index (χ3v) is 5.27. The van der Waals surface area contributed by atoms with Crippen LogP contribution >= 0.6 is 15.9 Å². The average Bonchev–Trinajstić information content (AvgIpc) is 3.11. The topological polar surface area (TPSA) is 124 Å². The molecular weight excluding hydrogens is 449 g/mol. The van der Waals surface area contributed by atoms with Gasteiger partial charge in [0.15, 0.2) is 0 Å². The quantitative estimate of drug-likeness (QED) is 0.557. The normalized spacial score (nSPS) is 15.1. The minimum absolute atomic E-state index is 0.0329. The fraction of sp³-hybridized carbons (Fsp3) is 0.316. The van der Waals surface area contributed by atoms with E-state index in [2.05, 4.69) is 21.2 Å². The summed E-state index contributed by atoms with van der Waals surface area (Å²) in [5, 5.41) is 11.8. The van der Waals surface area contributed by atoms with Crippen LogP contribution in [0.15, 0.2) is 27.5 Å². The number of benzene rings is 1. The van der Waals surface area contributed by atoms with Crippen LogP contribution in [0.25, 0.3) is 0 Å². The highest BCUT2D eigenvalue weighted by Crippen LogP contribution is 2.36. The van der Waals surface area contributed by atoms with Gasteiger partial charge < -0.3 is 25.5 Å². The molecule has 0 spiro atoms. The molecule has 0 aliphatic carbocycles. The number of rotatable bonds is 6. The predicted octanol–water partition coefficient (Wildman–Crippen LogP) is 1.92. The number of nitrogens with one attached hydrogen (secondary N) is 1. The van der Waals surface area contributed by atoms with E-state index in [4.69, 9.17) is 15.6 Å². The van der Waals surface area contributed by atoms with Gasteiger partial charge in [-0.3, -0.25) is 9.59 Å². The first-order valence-corrected chi connectivity index (χ1v) is 9.62. The van der Waals surface area contributed by atoms with E-state index in [1.54, 1.807) is 6.07 Å². The summed E-state index contributed by atoms with van der Waals surface area (Å²) in [7, 11) is 0. The van der Waals surface area contributed by atoms with Crippen LogP contribution in [-0.2, 0) is 16.1 Å². The van der Waals surface area contributed by atoms with Crippen molar-refractivity contribution < 1.29 is 23.8 Å². The summed E-state index contributed by atoms with van der Waals surface area (Å²) in [6.07, 6.45) is 0.264. The molecule has 1 aromatic carbocycles. The van der Waals surface area contributed by atoms with E-state index < -0.39 is 35.8 Å². The summed E-state index contributed by atoms with van der Waals surface area (Å²) < 4.78 is 21.3. The second-order valence-electron chi connectivity index (χ2n) is 6.57. The summed E-state index contributed by atoms with van der Waals surface area (Å²) in [4.78, 5) is 37.6. The summed E-state index contributed by atoms with van der Waals surface area (Å²) in [5.74, 6) is -3.01. The summed E-state index contributed by atoms with van der Waals surface area (Å²) in [5.41, 5.74) is 5.37. The predicted molar refractivity (Wildman–Crippen MR) is 107 cm³/mol. The Hall–Kier alpha value is -2.72. The summed E-state index contributed by atoms with van der Waals surface area (Å²) in [6, 6.07) is 4.27. The Bertz CT molecular complexity index is 1050. The zero-order chi connectivity index (χ0) is 21.3. The molecule has 1 unspecified atom stereocenters. The van der Waals surface area contributed by atoms with Gasteiger partial charge in [0.1, 0.15) is 18.0 Å². The molecule has 3 rings (SSSR count). The van der Waals surface area contributed by atoms with Crippen molar-refractivity contribution in [2.75, 3.05) is 18.5 Å². The van der Waals surface area contributed by atoms with E-state index in [0.29, 0.717) is 4.47 Å². The molecule has 0 bridgehead atoms. The number of nitrogens with two attached hydrogens (primary N) is 1. The van der Waals surface area contributed by atoms with Gasteiger partial charge in [-0.25, -0.2) is 9.18 Å². The maximum absolute atomic E-state index is 14.4. The Morgan fingerprint density at radius 2 is 2.17 bits per heavy atom. The third kappa shape index (κ3) is 3.90. The van der Waals surface area contributed by atoms with Gasteiger partial charge in [-0.1, -0.05) is 15.9 Å². The highest BCUT2D eigenvalue weighted by atomic mass is 79.9. The summed E-state index contributed by atoms with van der Waals surface area (Å²) >= 11 is 3.17. The van der Waals surface area contributed by atoms with Gasteiger partial charge in [-0.05, 0) is 31.5 Å². The van der Waals surface area contributed by atoms with E-state index in [-0.39, 0.29) is 47.8 Å². The molecule has 4 N–H and O–H groups in total. The van der Waals surface area contributed by atoms with Crippen LogP contribution < -0.4 is 16.6 Å². The van der Waals surface area contributed by atoms with Gasteiger partial charge in [0.05, 0.1) is 29.6 Å². The molecule has 2 aromatic rings. The van der Waals surface area contributed by atoms with Crippen LogP contribution in [-0.4, -0.2) is 34.8 Å². The molecule has 1 amide bonds. The number of aromatic nitrogens is 1. The molecule has 1 aromatic heterocycles. The van der Waals surface area contributed by atoms with Crippen molar-refractivity contribution in [1.29, 1.82) is 0 Å². The van der Waals surface area contributed by atoms with E-state index in [0.717, 1.165) is 0 Å². The Kier molecular flexibility index (Phi) is 6.04. The van der Waals surface area contributed by atoms with Crippen molar-refractivity contribution in [2.24, 2.45) is 5.73 Å². The van der Waals surface area contributed by atoms with Crippen LogP contribution in [0.3, 0.4) is 0 Å². The first-order valence-electron chi connectivity index (χ1n) is 8.83. The zero-order valence-corrected chi connectivity index (χ0v) is 17.1. The van der Waals surface area contributed by atoms with Crippen molar-refractivity contribution in [3.05, 3.63) is 55.7 Å². The molecule has 0 saturated heterocycles. The highest BCUT2D eigenvalue weighted by molar-refractivity contribution is 9.10. The van der Waals surface area contributed by atoms with Gasteiger partial charge in [0, 0.05) is 16.6 Å². The first kappa shape index (κ1) is 21.0. The largest absolute Gasteiger partial charge is 0.460 e. The molecule has 1 aliphatic heterocycles. The molecule has 0 fully saturated rings. The second kappa shape index (κ2) is 8.34. The second-order valence-corrected chi connectivity index (χ2v) is 7.49. The minimum Gasteiger partial charge on any atom is -0.460 e. The Morgan fingerprint density at radius 1 is 1.45 bits per heavy atom. The molecule has 8 nitrogen and oxygen atoms in total. The van der Waals surface area contributed by atoms with E-state index >= 15 is 0 Å². The van der Waals surface area contributed by atoms with Gasteiger partial charge in [-0.15, -0.1) is 0 Å². The molecule has 2 heterocycles. The van der Waals surface area contributed by atoms with Crippen LogP contribution in [0.2, 0.25) is 0 Å². The van der Waals surface area contributed by atoms with E-state index in [1.165, 1.54) is 23.6 Å². The minimum atomic E-state index is -0.865. The zero-order valence-electron chi connectivity index (χ0n) is 15.5. The van der Waals surface area contributed by atoms with Crippen molar-refractivity contribution in [2.45, 2.75) is 25.8 Å². The highest BCUT2D eigenvalue weighted by Gasteiger charge is 2.36. The molecule has 0 saturated carbocycles. The lowest BCUT2D eigenvalue weighted by atomic mass is 9.96. The number of primary amides is 1. The number of amides is 1. The van der Waals surface area contributed by atoms with Crippen LogP contribution in [0, 0.1) is 12.7 Å². The number of carbonyl (C=O) groups excluding carboxylic acids is 2. The number of halogens is 2. The maximum atomic E-state index is 14.4. The monoisotopic (exact) mass is 467 g/mol.